The van der Waals surface area contributed by atoms with Crippen LogP contribution in [0.4, 0.5) is 0 Å². The molecule has 2 amide bonds. The SMILES string of the molecule is O=C1NC(=O)C2=C1C1CC2C(Br)C1Br. The van der Waals surface area contributed by atoms with Crippen molar-refractivity contribution in [3.8, 4) is 0 Å². The number of fused-ring (bicyclic) bond motifs is 4. The van der Waals surface area contributed by atoms with Crippen molar-refractivity contribution in [3.63, 3.8) is 0 Å². The van der Waals surface area contributed by atoms with Crippen LogP contribution in [0, 0.1) is 11.8 Å². The van der Waals surface area contributed by atoms with E-state index < -0.39 is 0 Å². The van der Waals surface area contributed by atoms with Crippen molar-refractivity contribution >= 4 is 43.7 Å². The molecule has 0 saturated heterocycles. The minimum Gasteiger partial charge on any atom is -0.289 e. The molecule has 74 valence electrons. The first-order chi connectivity index (χ1) is 6.61. The summed E-state index contributed by atoms with van der Waals surface area (Å²) in [6.45, 7) is 0. The number of carbonyl (C=O) groups is 2. The Kier molecular flexibility index (Phi) is 1.75. The van der Waals surface area contributed by atoms with E-state index in [2.05, 4.69) is 37.2 Å². The number of halogens is 2. The molecule has 0 radical (unpaired) electrons. The summed E-state index contributed by atoms with van der Waals surface area (Å²) in [5.41, 5.74) is 1.47. The van der Waals surface area contributed by atoms with E-state index in [0.29, 0.717) is 0 Å². The molecule has 1 heterocycles. The van der Waals surface area contributed by atoms with E-state index in [1.165, 1.54) is 0 Å². The number of nitrogens with one attached hydrogen (secondary N) is 1. The molecule has 3 rings (SSSR count). The lowest BCUT2D eigenvalue weighted by atomic mass is 9.93. The lowest BCUT2D eigenvalue weighted by molar-refractivity contribution is -0.124. The van der Waals surface area contributed by atoms with Gasteiger partial charge in [-0.05, 0) is 6.42 Å². The predicted octanol–water partition coefficient (Wildman–Crippen LogP) is 1.12. The van der Waals surface area contributed by atoms with Crippen LogP contribution >= 0.6 is 31.9 Å². The minimum absolute atomic E-state index is 0.179. The summed E-state index contributed by atoms with van der Waals surface area (Å²) in [5.74, 6) is 0.0688. The second-order valence-electron chi connectivity index (χ2n) is 3.95. The number of rotatable bonds is 0. The quantitative estimate of drug-likeness (QED) is 0.537. The van der Waals surface area contributed by atoms with Crippen molar-refractivity contribution in [2.24, 2.45) is 11.8 Å². The maximum absolute atomic E-state index is 11.5. The van der Waals surface area contributed by atoms with Gasteiger partial charge in [0.15, 0.2) is 0 Å². The summed E-state index contributed by atoms with van der Waals surface area (Å²) in [6, 6.07) is 0. The number of imide groups is 1. The maximum Gasteiger partial charge on any atom is 0.254 e. The Labute approximate surface area is 97.6 Å². The predicted molar refractivity (Wildman–Crippen MR) is 57.2 cm³/mol. The van der Waals surface area contributed by atoms with Crippen LogP contribution in [0.5, 0.6) is 0 Å². The molecular formula is C9H7Br2NO2. The zero-order chi connectivity index (χ0) is 10.0. The van der Waals surface area contributed by atoms with Crippen LogP contribution in [0.3, 0.4) is 0 Å². The van der Waals surface area contributed by atoms with E-state index in [0.717, 1.165) is 17.6 Å². The summed E-state index contributed by atoms with van der Waals surface area (Å²) in [7, 11) is 0. The highest BCUT2D eigenvalue weighted by Crippen LogP contribution is 2.55. The normalized spacial score (nSPS) is 44.7. The van der Waals surface area contributed by atoms with Gasteiger partial charge in [-0.1, -0.05) is 31.9 Å². The van der Waals surface area contributed by atoms with Crippen molar-refractivity contribution in [3.05, 3.63) is 11.1 Å². The lowest BCUT2D eigenvalue weighted by Gasteiger charge is -2.21. The van der Waals surface area contributed by atoms with Crippen molar-refractivity contribution < 1.29 is 9.59 Å². The molecule has 14 heavy (non-hydrogen) atoms. The van der Waals surface area contributed by atoms with E-state index in [-0.39, 0.29) is 33.3 Å². The molecule has 0 aromatic carbocycles. The van der Waals surface area contributed by atoms with E-state index in [9.17, 15) is 9.59 Å². The zero-order valence-corrected chi connectivity index (χ0v) is 10.3. The molecule has 3 aliphatic rings. The summed E-state index contributed by atoms with van der Waals surface area (Å²) in [6.07, 6.45) is 0.926. The van der Waals surface area contributed by atoms with Gasteiger partial charge >= 0.3 is 0 Å². The molecule has 2 aliphatic carbocycles. The Morgan fingerprint density at radius 1 is 1.00 bits per heavy atom. The molecule has 0 spiro atoms. The van der Waals surface area contributed by atoms with Gasteiger partial charge in [-0.3, -0.25) is 14.9 Å². The molecule has 1 N–H and O–H groups in total. The average molecular weight is 321 g/mol. The van der Waals surface area contributed by atoms with Gasteiger partial charge in [-0.2, -0.15) is 0 Å². The number of carbonyl (C=O) groups excluding carboxylic acids is 2. The molecule has 1 saturated carbocycles. The number of hydrogen-bond donors (Lipinski definition) is 1. The highest BCUT2D eigenvalue weighted by atomic mass is 79.9. The zero-order valence-electron chi connectivity index (χ0n) is 7.09. The number of amides is 2. The van der Waals surface area contributed by atoms with Crippen LogP contribution in [-0.2, 0) is 9.59 Å². The molecule has 4 atom stereocenters. The highest BCUT2D eigenvalue weighted by molar-refractivity contribution is 9.12. The molecule has 4 unspecified atom stereocenters. The fourth-order valence-electron chi connectivity index (χ4n) is 2.75. The van der Waals surface area contributed by atoms with Crippen molar-refractivity contribution in [2.75, 3.05) is 0 Å². The van der Waals surface area contributed by atoms with Gasteiger partial charge in [0.05, 0.1) is 0 Å². The Morgan fingerprint density at radius 3 is 1.86 bits per heavy atom. The lowest BCUT2D eigenvalue weighted by Crippen LogP contribution is -2.26. The molecule has 5 heteroatoms. The van der Waals surface area contributed by atoms with Crippen LogP contribution in [0.1, 0.15) is 6.42 Å². The van der Waals surface area contributed by atoms with Crippen molar-refractivity contribution in [1.82, 2.24) is 5.32 Å². The topological polar surface area (TPSA) is 46.2 Å². The summed E-state index contributed by atoms with van der Waals surface area (Å²) >= 11 is 7.14. The first kappa shape index (κ1) is 9.09. The van der Waals surface area contributed by atoms with Crippen LogP contribution in [0.2, 0.25) is 0 Å². The Bertz CT molecular complexity index is 356. The number of alkyl halides is 2. The molecule has 0 aromatic heterocycles. The fourth-order valence-corrected chi connectivity index (χ4v) is 4.45. The minimum atomic E-state index is -0.179. The molecule has 3 nitrogen and oxygen atoms in total. The highest BCUT2D eigenvalue weighted by Gasteiger charge is 2.56. The monoisotopic (exact) mass is 319 g/mol. The Morgan fingerprint density at radius 2 is 1.43 bits per heavy atom. The molecule has 2 bridgehead atoms. The van der Waals surface area contributed by atoms with Crippen molar-refractivity contribution in [2.45, 2.75) is 16.1 Å². The summed E-state index contributed by atoms with van der Waals surface area (Å²) in [5, 5.41) is 2.37. The fraction of sp³-hybridized carbons (Fsp3) is 0.556. The van der Waals surface area contributed by atoms with Crippen LogP contribution in [-0.4, -0.2) is 21.5 Å². The largest absolute Gasteiger partial charge is 0.289 e. The second-order valence-corrected chi connectivity index (χ2v) is 6.06. The molecule has 1 aliphatic heterocycles. The van der Waals surface area contributed by atoms with E-state index in [4.69, 9.17) is 0 Å². The standard InChI is InChI=1S/C9H7Br2NO2/c10-6-2-1-3(7(6)11)5-4(2)8(13)12-9(5)14/h2-3,6-7H,1H2,(H,12,13,14). The third-order valence-electron chi connectivity index (χ3n) is 3.33. The van der Waals surface area contributed by atoms with Crippen LogP contribution in [0.25, 0.3) is 0 Å². The summed E-state index contributed by atoms with van der Waals surface area (Å²) in [4.78, 5) is 23.5. The Balaban J connectivity index is 2.14. The average Bonchev–Trinajstić information content (AvgIpc) is 2.71. The third kappa shape index (κ3) is 0.877. The van der Waals surface area contributed by atoms with Gasteiger partial charge in [0.25, 0.3) is 11.8 Å². The second kappa shape index (κ2) is 2.70. The first-order valence-electron chi connectivity index (χ1n) is 4.49. The van der Waals surface area contributed by atoms with Gasteiger partial charge in [-0.15, -0.1) is 0 Å². The van der Waals surface area contributed by atoms with Gasteiger partial charge in [0.1, 0.15) is 0 Å². The molecule has 0 aromatic rings. The van der Waals surface area contributed by atoms with E-state index in [1.54, 1.807) is 0 Å². The van der Waals surface area contributed by atoms with Crippen LogP contribution in [0.15, 0.2) is 11.1 Å². The van der Waals surface area contributed by atoms with Gasteiger partial charge < -0.3 is 0 Å². The van der Waals surface area contributed by atoms with E-state index in [1.807, 2.05) is 0 Å². The van der Waals surface area contributed by atoms with Crippen molar-refractivity contribution in [1.29, 1.82) is 0 Å². The summed E-state index contributed by atoms with van der Waals surface area (Å²) < 4.78 is 0. The number of hydrogen-bond acceptors (Lipinski definition) is 2. The van der Waals surface area contributed by atoms with E-state index >= 15 is 0 Å². The molecular weight excluding hydrogens is 314 g/mol. The first-order valence-corrected chi connectivity index (χ1v) is 6.32. The molecule has 1 fully saturated rings. The maximum atomic E-state index is 11.5. The smallest absolute Gasteiger partial charge is 0.254 e. The van der Waals surface area contributed by atoms with Gasteiger partial charge in [-0.25, -0.2) is 0 Å². The van der Waals surface area contributed by atoms with Crippen LogP contribution < -0.4 is 5.32 Å². The van der Waals surface area contributed by atoms with Gasteiger partial charge in [0, 0.05) is 32.6 Å². The Hall–Kier alpha value is -0.160. The third-order valence-corrected chi connectivity index (χ3v) is 6.45. The van der Waals surface area contributed by atoms with Gasteiger partial charge in [0.2, 0.25) is 0 Å².